The molecular weight excluding hydrogens is 138 g/mol. The van der Waals surface area contributed by atoms with Gasteiger partial charge in [0.1, 0.15) is 0 Å². The first-order chi connectivity index (χ1) is 5.45. The molecule has 0 aliphatic heterocycles. The molecule has 2 rings (SSSR count). The largest absolute Gasteiger partial charge is 0.472 e. The fourth-order valence-corrected chi connectivity index (χ4v) is 1.14. The molecule has 0 radical (unpaired) electrons. The van der Waals surface area contributed by atoms with Crippen LogP contribution < -0.4 is 5.32 Å². The van der Waals surface area contributed by atoms with Crippen molar-refractivity contribution in [2.75, 3.05) is 6.54 Å². The molecule has 1 N–H and O–H groups in total. The highest BCUT2D eigenvalue weighted by Gasteiger charge is 2.19. The van der Waals surface area contributed by atoms with E-state index in [0.717, 1.165) is 19.0 Å². The highest BCUT2D eigenvalue weighted by Crippen LogP contribution is 2.18. The van der Waals surface area contributed by atoms with Crippen molar-refractivity contribution < 1.29 is 4.42 Å². The SMILES string of the molecule is c1cc(CCNC2CC2)co1. The van der Waals surface area contributed by atoms with Crippen molar-refractivity contribution in [3.63, 3.8) is 0 Å². The van der Waals surface area contributed by atoms with Crippen LogP contribution in [0, 0.1) is 0 Å². The number of nitrogens with one attached hydrogen (secondary N) is 1. The average molecular weight is 151 g/mol. The number of furan rings is 1. The van der Waals surface area contributed by atoms with Crippen LogP contribution in [0.4, 0.5) is 0 Å². The summed E-state index contributed by atoms with van der Waals surface area (Å²) in [5.74, 6) is 0. The van der Waals surface area contributed by atoms with E-state index in [9.17, 15) is 0 Å². The molecule has 1 aromatic rings. The first-order valence-electron chi connectivity index (χ1n) is 4.19. The highest BCUT2D eigenvalue weighted by atomic mass is 16.3. The van der Waals surface area contributed by atoms with E-state index in [1.54, 1.807) is 6.26 Å². The van der Waals surface area contributed by atoms with E-state index in [-0.39, 0.29) is 0 Å². The molecule has 2 heteroatoms. The third kappa shape index (κ3) is 2.09. The summed E-state index contributed by atoms with van der Waals surface area (Å²) in [6, 6.07) is 2.84. The first kappa shape index (κ1) is 6.92. The van der Waals surface area contributed by atoms with E-state index >= 15 is 0 Å². The molecule has 1 aliphatic carbocycles. The van der Waals surface area contributed by atoms with Crippen molar-refractivity contribution in [2.45, 2.75) is 25.3 Å². The maximum Gasteiger partial charge on any atom is 0.0934 e. The molecule has 0 unspecified atom stereocenters. The monoisotopic (exact) mass is 151 g/mol. The van der Waals surface area contributed by atoms with Crippen molar-refractivity contribution in [2.24, 2.45) is 0 Å². The van der Waals surface area contributed by atoms with Gasteiger partial charge in [0.25, 0.3) is 0 Å². The molecule has 1 aromatic heterocycles. The molecule has 0 saturated heterocycles. The number of hydrogen-bond acceptors (Lipinski definition) is 2. The minimum absolute atomic E-state index is 0.821. The zero-order valence-electron chi connectivity index (χ0n) is 6.55. The summed E-state index contributed by atoms with van der Waals surface area (Å²) >= 11 is 0. The van der Waals surface area contributed by atoms with E-state index in [4.69, 9.17) is 4.42 Å². The summed E-state index contributed by atoms with van der Waals surface area (Å²) in [4.78, 5) is 0. The third-order valence-corrected chi connectivity index (χ3v) is 2.00. The lowest BCUT2D eigenvalue weighted by atomic mass is 10.2. The second kappa shape index (κ2) is 3.09. The second-order valence-corrected chi connectivity index (χ2v) is 3.11. The maximum atomic E-state index is 4.96. The van der Waals surface area contributed by atoms with Crippen LogP contribution in [0.25, 0.3) is 0 Å². The van der Waals surface area contributed by atoms with E-state index in [0.29, 0.717) is 0 Å². The van der Waals surface area contributed by atoms with Crippen LogP contribution in [0.5, 0.6) is 0 Å². The Morgan fingerprint density at radius 1 is 1.55 bits per heavy atom. The van der Waals surface area contributed by atoms with E-state index < -0.39 is 0 Å². The average Bonchev–Trinajstić information content (AvgIpc) is 2.66. The Labute approximate surface area is 66.6 Å². The Morgan fingerprint density at radius 2 is 2.45 bits per heavy atom. The fraction of sp³-hybridized carbons (Fsp3) is 0.556. The Kier molecular flexibility index (Phi) is 1.95. The summed E-state index contributed by atoms with van der Waals surface area (Å²) in [6.07, 6.45) is 7.37. The van der Waals surface area contributed by atoms with Gasteiger partial charge in [-0.25, -0.2) is 0 Å². The molecule has 11 heavy (non-hydrogen) atoms. The predicted octanol–water partition coefficient (Wildman–Crippen LogP) is 1.57. The fourth-order valence-electron chi connectivity index (χ4n) is 1.14. The quantitative estimate of drug-likeness (QED) is 0.706. The van der Waals surface area contributed by atoms with Crippen LogP contribution in [-0.4, -0.2) is 12.6 Å². The van der Waals surface area contributed by atoms with Gasteiger partial charge in [0.15, 0.2) is 0 Å². The molecule has 1 heterocycles. The van der Waals surface area contributed by atoms with E-state index in [1.165, 1.54) is 18.4 Å². The van der Waals surface area contributed by atoms with Gasteiger partial charge in [-0.05, 0) is 37.4 Å². The number of rotatable bonds is 4. The topological polar surface area (TPSA) is 25.2 Å². The molecule has 0 bridgehead atoms. The summed E-state index contributed by atoms with van der Waals surface area (Å²) in [5.41, 5.74) is 1.29. The van der Waals surface area contributed by atoms with Gasteiger partial charge in [-0.3, -0.25) is 0 Å². The Hall–Kier alpha value is -0.760. The molecular formula is C9H13NO. The molecule has 1 fully saturated rings. The molecule has 60 valence electrons. The lowest BCUT2D eigenvalue weighted by Gasteiger charge is -1.98. The van der Waals surface area contributed by atoms with E-state index in [1.807, 2.05) is 12.3 Å². The summed E-state index contributed by atoms with van der Waals surface area (Å²) in [7, 11) is 0. The van der Waals surface area contributed by atoms with Crippen molar-refractivity contribution in [1.29, 1.82) is 0 Å². The minimum Gasteiger partial charge on any atom is -0.472 e. The standard InChI is InChI=1S/C9H13NO/c1-2-9(1)10-5-3-8-4-6-11-7-8/h4,6-7,9-10H,1-3,5H2. The zero-order valence-corrected chi connectivity index (χ0v) is 6.55. The molecule has 0 spiro atoms. The molecule has 0 amide bonds. The molecule has 0 aromatic carbocycles. The van der Waals surface area contributed by atoms with Crippen molar-refractivity contribution >= 4 is 0 Å². The van der Waals surface area contributed by atoms with Crippen LogP contribution >= 0.6 is 0 Å². The summed E-state index contributed by atoms with van der Waals surface area (Å²) in [5, 5.41) is 3.45. The normalized spacial score (nSPS) is 17.1. The number of hydrogen-bond donors (Lipinski definition) is 1. The van der Waals surface area contributed by atoms with E-state index in [2.05, 4.69) is 5.32 Å². The molecule has 1 saturated carbocycles. The van der Waals surface area contributed by atoms with Crippen LogP contribution in [0.15, 0.2) is 23.0 Å². The first-order valence-corrected chi connectivity index (χ1v) is 4.19. The van der Waals surface area contributed by atoms with Gasteiger partial charge >= 0.3 is 0 Å². The summed E-state index contributed by atoms with van der Waals surface area (Å²) < 4.78 is 4.96. The van der Waals surface area contributed by atoms with Crippen LogP contribution in [-0.2, 0) is 6.42 Å². The molecule has 1 aliphatic rings. The molecule has 2 nitrogen and oxygen atoms in total. The van der Waals surface area contributed by atoms with Crippen LogP contribution in [0.1, 0.15) is 18.4 Å². The van der Waals surface area contributed by atoms with Crippen LogP contribution in [0.3, 0.4) is 0 Å². The Bertz CT molecular complexity index is 201. The van der Waals surface area contributed by atoms with Gasteiger partial charge in [-0.2, -0.15) is 0 Å². The van der Waals surface area contributed by atoms with Gasteiger partial charge in [-0.15, -0.1) is 0 Å². The molecule has 0 atom stereocenters. The van der Waals surface area contributed by atoms with Gasteiger partial charge in [-0.1, -0.05) is 0 Å². The van der Waals surface area contributed by atoms with Crippen molar-refractivity contribution in [1.82, 2.24) is 5.32 Å². The maximum absolute atomic E-state index is 4.96. The predicted molar refractivity (Wildman–Crippen MR) is 43.4 cm³/mol. The second-order valence-electron chi connectivity index (χ2n) is 3.11. The van der Waals surface area contributed by atoms with Gasteiger partial charge in [0, 0.05) is 6.04 Å². The Balaban J connectivity index is 1.66. The zero-order chi connectivity index (χ0) is 7.52. The lowest BCUT2D eigenvalue weighted by molar-refractivity contribution is 0.562. The summed E-state index contributed by atoms with van der Waals surface area (Å²) in [6.45, 7) is 1.09. The Morgan fingerprint density at radius 3 is 3.09 bits per heavy atom. The lowest BCUT2D eigenvalue weighted by Crippen LogP contribution is -2.18. The smallest absolute Gasteiger partial charge is 0.0934 e. The van der Waals surface area contributed by atoms with Crippen molar-refractivity contribution in [3.05, 3.63) is 24.2 Å². The van der Waals surface area contributed by atoms with Gasteiger partial charge in [0.05, 0.1) is 12.5 Å². The van der Waals surface area contributed by atoms with Crippen molar-refractivity contribution in [3.8, 4) is 0 Å². The van der Waals surface area contributed by atoms with Gasteiger partial charge < -0.3 is 9.73 Å². The highest BCUT2D eigenvalue weighted by molar-refractivity contribution is 5.05. The van der Waals surface area contributed by atoms with Crippen LogP contribution in [0.2, 0.25) is 0 Å². The van der Waals surface area contributed by atoms with Gasteiger partial charge in [0.2, 0.25) is 0 Å². The minimum atomic E-state index is 0.821. The third-order valence-electron chi connectivity index (χ3n) is 2.00.